The second kappa shape index (κ2) is 8.06. The highest BCUT2D eigenvalue weighted by Gasteiger charge is 2.17. The molecule has 0 amide bonds. The largest absolute Gasteiger partial charge is 0.483 e. The van der Waals surface area contributed by atoms with Crippen molar-refractivity contribution in [3.63, 3.8) is 0 Å². The van der Waals surface area contributed by atoms with Gasteiger partial charge in [0.2, 0.25) is 0 Å². The van der Waals surface area contributed by atoms with Crippen LogP contribution in [0.25, 0.3) is 0 Å². The Labute approximate surface area is 160 Å². The van der Waals surface area contributed by atoms with E-state index in [1.54, 1.807) is 11.8 Å². The molecule has 130 valence electrons. The molecule has 1 heterocycles. The predicted octanol–water partition coefficient (Wildman–Crippen LogP) is 5.32. The van der Waals surface area contributed by atoms with Gasteiger partial charge in [-0.25, -0.2) is 0 Å². The number of aryl methyl sites for hydroxylation is 1. The second-order valence-electron chi connectivity index (χ2n) is 5.89. The van der Waals surface area contributed by atoms with Crippen molar-refractivity contribution >= 4 is 27.7 Å². The van der Waals surface area contributed by atoms with E-state index >= 15 is 0 Å². The summed E-state index contributed by atoms with van der Waals surface area (Å²) in [5.41, 5.74) is 2.56. The summed E-state index contributed by atoms with van der Waals surface area (Å²) in [4.78, 5) is 0. The van der Waals surface area contributed by atoms with Crippen molar-refractivity contribution in [3.05, 3.63) is 70.0 Å². The van der Waals surface area contributed by atoms with E-state index in [2.05, 4.69) is 57.3 Å². The zero-order chi connectivity index (χ0) is 17.8. The van der Waals surface area contributed by atoms with Gasteiger partial charge < -0.3 is 9.30 Å². The Bertz CT molecular complexity index is 848. The van der Waals surface area contributed by atoms with Gasteiger partial charge in [-0.05, 0) is 43.7 Å². The van der Waals surface area contributed by atoms with E-state index in [1.807, 2.05) is 42.8 Å². The molecule has 1 atom stereocenters. The van der Waals surface area contributed by atoms with Gasteiger partial charge in [0.05, 0.1) is 0 Å². The average Bonchev–Trinajstić information content (AvgIpc) is 2.96. The topological polar surface area (TPSA) is 39.9 Å². The molecule has 3 rings (SSSR count). The third-order valence-corrected chi connectivity index (χ3v) is 5.43. The normalized spacial score (nSPS) is 12.2. The first-order valence-corrected chi connectivity index (χ1v) is 9.80. The molecular formula is C19H20BrN3OS. The third-order valence-electron chi connectivity index (χ3n) is 3.81. The van der Waals surface area contributed by atoms with E-state index in [4.69, 9.17) is 4.74 Å². The standard InChI is InChI=1S/C19H20BrN3OS/c1-13-5-4-6-15(11-13)12-25-19-22-21-18(23(19)3)14(2)24-17-9-7-16(20)8-10-17/h4-11,14H,12H2,1-3H3. The van der Waals surface area contributed by atoms with E-state index in [0.717, 1.165) is 27.0 Å². The molecule has 0 N–H and O–H groups in total. The number of halogens is 1. The van der Waals surface area contributed by atoms with E-state index < -0.39 is 0 Å². The third kappa shape index (κ3) is 4.64. The van der Waals surface area contributed by atoms with E-state index in [9.17, 15) is 0 Å². The van der Waals surface area contributed by atoms with Crippen LogP contribution in [0.5, 0.6) is 5.75 Å². The minimum Gasteiger partial charge on any atom is -0.483 e. The van der Waals surface area contributed by atoms with Crippen LogP contribution in [0, 0.1) is 6.92 Å². The molecule has 25 heavy (non-hydrogen) atoms. The number of thioether (sulfide) groups is 1. The molecule has 0 fully saturated rings. The SMILES string of the molecule is Cc1cccc(CSc2nnc(C(C)Oc3ccc(Br)cc3)n2C)c1. The van der Waals surface area contributed by atoms with Gasteiger partial charge in [0.15, 0.2) is 17.1 Å². The van der Waals surface area contributed by atoms with Gasteiger partial charge in [0.25, 0.3) is 0 Å². The summed E-state index contributed by atoms with van der Waals surface area (Å²) in [5, 5.41) is 9.53. The zero-order valence-electron chi connectivity index (χ0n) is 14.4. The number of hydrogen-bond donors (Lipinski definition) is 0. The maximum absolute atomic E-state index is 5.97. The van der Waals surface area contributed by atoms with Crippen molar-refractivity contribution < 1.29 is 4.74 Å². The summed E-state index contributed by atoms with van der Waals surface area (Å²) in [5.74, 6) is 2.50. The van der Waals surface area contributed by atoms with Crippen molar-refractivity contribution in [3.8, 4) is 5.75 Å². The number of rotatable bonds is 6. The molecule has 3 aromatic rings. The lowest BCUT2D eigenvalue weighted by atomic mass is 10.2. The summed E-state index contributed by atoms with van der Waals surface area (Å²) < 4.78 is 9.01. The molecule has 1 unspecified atom stereocenters. The first-order chi connectivity index (χ1) is 12.0. The molecule has 0 aliphatic carbocycles. The molecule has 0 saturated carbocycles. The Morgan fingerprint density at radius 1 is 1.16 bits per heavy atom. The Morgan fingerprint density at radius 3 is 2.64 bits per heavy atom. The molecule has 0 spiro atoms. The van der Waals surface area contributed by atoms with Crippen LogP contribution in [0.4, 0.5) is 0 Å². The summed E-state index contributed by atoms with van der Waals surface area (Å²) in [7, 11) is 1.98. The zero-order valence-corrected chi connectivity index (χ0v) is 16.8. The molecule has 0 saturated heterocycles. The number of benzene rings is 2. The van der Waals surface area contributed by atoms with Crippen LogP contribution in [0.15, 0.2) is 58.2 Å². The van der Waals surface area contributed by atoms with E-state index in [1.165, 1.54) is 11.1 Å². The Kier molecular flexibility index (Phi) is 5.81. The monoisotopic (exact) mass is 417 g/mol. The van der Waals surface area contributed by atoms with Gasteiger partial charge in [-0.3, -0.25) is 0 Å². The van der Waals surface area contributed by atoms with Crippen LogP contribution in [0.1, 0.15) is 30.0 Å². The van der Waals surface area contributed by atoms with Gasteiger partial charge >= 0.3 is 0 Å². The fourth-order valence-electron chi connectivity index (χ4n) is 2.53. The molecule has 6 heteroatoms. The maximum atomic E-state index is 5.97. The minimum absolute atomic E-state index is 0.174. The second-order valence-corrected chi connectivity index (χ2v) is 7.75. The molecule has 0 aliphatic heterocycles. The molecule has 1 aromatic heterocycles. The van der Waals surface area contributed by atoms with E-state index in [-0.39, 0.29) is 6.10 Å². The van der Waals surface area contributed by atoms with Crippen molar-refractivity contribution in [1.29, 1.82) is 0 Å². The highest BCUT2D eigenvalue weighted by Crippen LogP contribution is 2.26. The van der Waals surface area contributed by atoms with E-state index in [0.29, 0.717) is 0 Å². The van der Waals surface area contributed by atoms with Crippen LogP contribution in [0.3, 0.4) is 0 Å². The van der Waals surface area contributed by atoms with Gasteiger partial charge in [-0.1, -0.05) is 57.5 Å². The van der Waals surface area contributed by atoms with Crippen molar-refractivity contribution in [2.24, 2.45) is 7.05 Å². The van der Waals surface area contributed by atoms with Crippen LogP contribution in [-0.2, 0) is 12.8 Å². The fourth-order valence-corrected chi connectivity index (χ4v) is 3.65. The summed E-state index contributed by atoms with van der Waals surface area (Å²) in [6.07, 6.45) is -0.174. The average molecular weight is 418 g/mol. The van der Waals surface area contributed by atoms with Crippen LogP contribution >= 0.6 is 27.7 Å². The van der Waals surface area contributed by atoms with Gasteiger partial charge in [0, 0.05) is 17.3 Å². The Morgan fingerprint density at radius 2 is 1.92 bits per heavy atom. The van der Waals surface area contributed by atoms with Crippen molar-refractivity contribution in [2.45, 2.75) is 30.9 Å². The lowest BCUT2D eigenvalue weighted by molar-refractivity contribution is 0.211. The Hall–Kier alpha value is -1.79. The number of ether oxygens (including phenoxy) is 1. The number of aromatic nitrogens is 3. The first kappa shape index (κ1) is 18.0. The quantitative estimate of drug-likeness (QED) is 0.508. The maximum Gasteiger partial charge on any atom is 0.191 e. The number of hydrogen-bond acceptors (Lipinski definition) is 4. The molecule has 2 aromatic carbocycles. The van der Waals surface area contributed by atoms with Crippen molar-refractivity contribution in [1.82, 2.24) is 14.8 Å². The Balaban J connectivity index is 1.66. The number of nitrogens with zero attached hydrogens (tertiary/aromatic N) is 3. The summed E-state index contributed by atoms with van der Waals surface area (Å²) in [6, 6.07) is 16.3. The van der Waals surface area contributed by atoms with Gasteiger partial charge in [-0.15, -0.1) is 10.2 Å². The summed E-state index contributed by atoms with van der Waals surface area (Å²) in [6.45, 7) is 4.09. The highest BCUT2D eigenvalue weighted by molar-refractivity contribution is 9.10. The molecule has 4 nitrogen and oxygen atoms in total. The lowest BCUT2D eigenvalue weighted by Gasteiger charge is -2.14. The van der Waals surface area contributed by atoms with Gasteiger partial charge in [0.1, 0.15) is 5.75 Å². The van der Waals surface area contributed by atoms with Crippen LogP contribution in [-0.4, -0.2) is 14.8 Å². The molecular weight excluding hydrogens is 398 g/mol. The molecule has 0 bridgehead atoms. The van der Waals surface area contributed by atoms with Crippen molar-refractivity contribution in [2.75, 3.05) is 0 Å². The van der Waals surface area contributed by atoms with Gasteiger partial charge in [-0.2, -0.15) is 0 Å². The molecule has 0 radical (unpaired) electrons. The van der Waals surface area contributed by atoms with Crippen LogP contribution in [0.2, 0.25) is 0 Å². The minimum atomic E-state index is -0.174. The smallest absolute Gasteiger partial charge is 0.191 e. The fraction of sp³-hybridized carbons (Fsp3) is 0.263. The summed E-state index contributed by atoms with van der Waals surface area (Å²) >= 11 is 5.11. The lowest BCUT2D eigenvalue weighted by Crippen LogP contribution is -2.10. The predicted molar refractivity (Wildman–Crippen MR) is 105 cm³/mol. The highest BCUT2D eigenvalue weighted by atomic mass is 79.9. The molecule has 0 aliphatic rings. The first-order valence-electron chi connectivity index (χ1n) is 8.03. The van der Waals surface area contributed by atoms with Crippen LogP contribution < -0.4 is 4.74 Å².